The Morgan fingerprint density at radius 1 is 1.40 bits per heavy atom. The molecule has 2 aromatic rings. The van der Waals surface area contributed by atoms with Crippen molar-refractivity contribution in [1.82, 2.24) is 9.13 Å². The minimum atomic E-state index is -0.112. The van der Waals surface area contributed by atoms with Crippen LogP contribution in [0.2, 0.25) is 0 Å². The van der Waals surface area contributed by atoms with Crippen molar-refractivity contribution in [3.63, 3.8) is 0 Å². The van der Waals surface area contributed by atoms with Crippen LogP contribution in [0.1, 0.15) is 16.3 Å². The lowest BCUT2D eigenvalue weighted by molar-refractivity contribution is 0.109. The Morgan fingerprint density at radius 3 is 2.73 bits per heavy atom. The van der Waals surface area contributed by atoms with Gasteiger partial charge in [0.25, 0.3) is 0 Å². The molecule has 0 aromatic carbocycles. The van der Waals surface area contributed by atoms with Gasteiger partial charge >= 0.3 is 5.69 Å². The van der Waals surface area contributed by atoms with Crippen molar-refractivity contribution >= 4 is 6.29 Å². The molecule has 15 heavy (non-hydrogen) atoms. The Morgan fingerprint density at radius 2 is 2.20 bits per heavy atom. The summed E-state index contributed by atoms with van der Waals surface area (Å²) in [6.45, 7) is 0.341. The summed E-state index contributed by atoms with van der Waals surface area (Å²) in [5, 5.41) is 0. The Labute approximate surface area is 85.5 Å². The molecule has 0 aliphatic carbocycles. The Kier molecular flexibility index (Phi) is 2.29. The number of aromatic nitrogens is 2. The van der Waals surface area contributed by atoms with Gasteiger partial charge in [-0.3, -0.25) is 9.36 Å². The number of furan rings is 1. The van der Waals surface area contributed by atoms with E-state index in [-0.39, 0.29) is 11.4 Å². The fourth-order valence-electron chi connectivity index (χ4n) is 1.34. The standard InChI is InChI=1S/C10H10N2O3/c1-11-4-5-12(10(11)14)6-8-2-3-9(7-13)15-8/h2-5,7H,6H2,1H3. The summed E-state index contributed by atoms with van der Waals surface area (Å²) < 4.78 is 8.15. The van der Waals surface area contributed by atoms with Crippen molar-refractivity contribution in [2.45, 2.75) is 6.54 Å². The molecule has 0 atom stereocenters. The third-order valence-corrected chi connectivity index (χ3v) is 2.14. The van der Waals surface area contributed by atoms with Crippen LogP contribution in [0.3, 0.4) is 0 Å². The fraction of sp³-hybridized carbons (Fsp3) is 0.200. The molecule has 2 rings (SSSR count). The van der Waals surface area contributed by atoms with Gasteiger partial charge in [-0.25, -0.2) is 4.79 Å². The lowest BCUT2D eigenvalue weighted by Gasteiger charge is -1.96. The third kappa shape index (κ3) is 1.76. The highest BCUT2D eigenvalue weighted by molar-refractivity contribution is 5.70. The molecule has 78 valence electrons. The van der Waals surface area contributed by atoms with Crippen LogP contribution in [0.4, 0.5) is 0 Å². The Balaban J connectivity index is 2.25. The van der Waals surface area contributed by atoms with Gasteiger partial charge in [-0.2, -0.15) is 0 Å². The van der Waals surface area contributed by atoms with E-state index in [1.54, 1.807) is 31.6 Å². The number of aryl methyl sites for hydroxylation is 1. The van der Waals surface area contributed by atoms with Gasteiger partial charge in [0, 0.05) is 19.4 Å². The summed E-state index contributed by atoms with van der Waals surface area (Å²) in [4.78, 5) is 21.8. The lowest BCUT2D eigenvalue weighted by Crippen LogP contribution is -2.22. The summed E-state index contributed by atoms with van der Waals surface area (Å²) in [6, 6.07) is 3.26. The number of hydrogen-bond donors (Lipinski definition) is 0. The van der Waals surface area contributed by atoms with Gasteiger partial charge < -0.3 is 8.98 Å². The van der Waals surface area contributed by atoms with E-state index < -0.39 is 0 Å². The molecule has 2 heterocycles. The molecule has 0 aliphatic rings. The zero-order valence-electron chi connectivity index (χ0n) is 8.21. The SMILES string of the molecule is Cn1ccn(Cc2ccc(C=O)o2)c1=O. The van der Waals surface area contributed by atoms with Gasteiger partial charge in [0.1, 0.15) is 5.76 Å². The van der Waals surface area contributed by atoms with Crippen molar-refractivity contribution in [3.8, 4) is 0 Å². The first-order valence-corrected chi connectivity index (χ1v) is 4.46. The van der Waals surface area contributed by atoms with Crippen LogP contribution >= 0.6 is 0 Å². The first-order chi connectivity index (χ1) is 7.20. The van der Waals surface area contributed by atoms with E-state index in [0.29, 0.717) is 18.6 Å². The fourth-order valence-corrected chi connectivity index (χ4v) is 1.34. The second kappa shape index (κ2) is 3.61. The van der Waals surface area contributed by atoms with Crippen molar-refractivity contribution in [1.29, 1.82) is 0 Å². The molecular weight excluding hydrogens is 196 g/mol. The van der Waals surface area contributed by atoms with Gasteiger partial charge in [-0.05, 0) is 12.1 Å². The number of hydrogen-bond acceptors (Lipinski definition) is 3. The van der Waals surface area contributed by atoms with E-state index in [4.69, 9.17) is 4.42 Å². The molecule has 0 bridgehead atoms. The normalized spacial score (nSPS) is 10.5. The van der Waals surface area contributed by atoms with Gasteiger partial charge in [-0.1, -0.05) is 0 Å². The van der Waals surface area contributed by atoms with E-state index in [9.17, 15) is 9.59 Å². The number of carbonyl (C=O) groups excluding carboxylic acids is 1. The summed E-state index contributed by atoms with van der Waals surface area (Å²) in [5.41, 5.74) is -0.112. The number of aldehydes is 1. The molecule has 5 nitrogen and oxygen atoms in total. The molecule has 0 saturated carbocycles. The second-order valence-electron chi connectivity index (χ2n) is 3.24. The maximum absolute atomic E-state index is 11.5. The van der Waals surface area contributed by atoms with Crippen LogP contribution < -0.4 is 5.69 Å². The zero-order valence-corrected chi connectivity index (χ0v) is 8.21. The monoisotopic (exact) mass is 206 g/mol. The van der Waals surface area contributed by atoms with E-state index >= 15 is 0 Å². The van der Waals surface area contributed by atoms with Crippen molar-refractivity contribution in [2.75, 3.05) is 0 Å². The largest absolute Gasteiger partial charge is 0.456 e. The predicted octanol–water partition coefficient (Wildman–Crippen LogP) is 0.641. The average Bonchev–Trinajstić information content (AvgIpc) is 2.80. The molecule has 0 spiro atoms. The summed E-state index contributed by atoms with van der Waals surface area (Å²) in [7, 11) is 1.68. The lowest BCUT2D eigenvalue weighted by atomic mass is 10.4. The summed E-state index contributed by atoms with van der Waals surface area (Å²) >= 11 is 0. The molecular formula is C10H10N2O3. The highest BCUT2D eigenvalue weighted by atomic mass is 16.3. The minimum absolute atomic E-state index is 0.112. The van der Waals surface area contributed by atoms with Crippen LogP contribution in [0, 0.1) is 0 Å². The van der Waals surface area contributed by atoms with Gasteiger partial charge in [-0.15, -0.1) is 0 Å². The Hall–Kier alpha value is -2.04. The molecule has 0 unspecified atom stereocenters. The molecule has 0 N–H and O–H groups in total. The first kappa shape index (κ1) is 9.51. The molecule has 0 fully saturated rings. The predicted molar refractivity (Wildman–Crippen MR) is 52.9 cm³/mol. The van der Waals surface area contributed by atoms with E-state index in [0.717, 1.165) is 0 Å². The number of nitrogens with zero attached hydrogens (tertiary/aromatic N) is 2. The van der Waals surface area contributed by atoms with E-state index in [2.05, 4.69) is 0 Å². The topological polar surface area (TPSA) is 57.1 Å². The quantitative estimate of drug-likeness (QED) is 0.692. The van der Waals surface area contributed by atoms with Gasteiger partial charge in [0.15, 0.2) is 12.0 Å². The van der Waals surface area contributed by atoms with Gasteiger partial charge in [0.2, 0.25) is 0 Å². The van der Waals surface area contributed by atoms with E-state index in [1.807, 2.05) is 0 Å². The van der Waals surface area contributed by atoms with Gasteiger partial charge in [0.05, 0.1) is 6.54 Å². The molecule has 2 aromatic heterocycles. The van der Waals surface area contributed by atoms with Crippen molar-refractivity contribution < 1.29 is 9.21 Å². The van der Waals surface area contributed by atoms with Crippen LogP contribution in [0.5, 0.6) is 0 Å². The number of rotatable bonds is 3. The minimum Gasteiger partial charge on any atom is -0.456 e. The summed E-state index contributed by atoms with van der Waals surface area (Å²) in [5.74, 6) is 0.861. The first-order valence-electron chi connectivity index (χ1n) is 4.46. The molecule has 0 aliphatic heterocycles. The number of carbonyl (C=O) groups is 1. The van der Waals surface area contributed by atoms with Crippen LogP contribution in [0.25, 0.3) is 0 Å². The molecule has 0 radical (unpaired) electrons. The van der Waals surface area contributed by atoms with E-state index in [1.165, 1.54) is 9.13 Å². The average molecular weight is 206 g/mol. The molecule has 0 amide bonds. The van der Waals surface area contributed by atoms with Crippen molar-refractivity contribution in [3.05, 3.63) is 46.5 Å². The molecule has 0 saturated heterocycles. The smallest absolute Gasteiger partial charge is 0.328 e. The maximum Gasteiger partial charge on any atom is 0.328 e. The summed E-state index contributed by atoms with van der Waals surface area (Å²) in [6.07, 6.45) is 3.98. The third-order valence-electron chi connectivity index (χ3n) is 2.14. The zero-order chi connectivity index (χ0) is 10.8. The van der Waals surface area contributed by atoms with Crippen LogP contribution in [-0.2, 0) is 13.6 Å². The highest BCUT2D eigenvalue weighted by Gasteiger charge is 2.04. The van der Waals surface area contributed by atoms with Crippen LogP contribution in [0.15, 0.2) is 33.7 Å². The van der Waals surface area contributed by atoms with Crippen molar-refractivity contribution in [2.24, 2.45) is 7.05 Å². The highest BCUT2D eigenvalue weighted by Crippen LogP contribution is 2.06. The Bertz CT molecular complexity index is 533. The molecule has 5 heteroatoms. The maximum atomic E-state index is 11.5. The number of imidazole rings is 1. The van der Waals surface area contributed by atoms with Crippen LogP contribution in [-0.4, -0.2) is 15.4 Å². The second-order valence-corrected chi connectivity index (χ2v) is 3.24.